The van der Waals surface area contributed by atoms with Crippen LogP contribution in [0.3, 0.4) is 0 Å². The second-order valence-electron chi connectivity index (χ2n) is 4.97. The summed E-state index contributed by atoms with van der Waals surface area (Å²) in [4.78, 5) is 8.15. The first-order valence-corrected chi connectivity index (χ1v) is 7.82. The Balaban J connectivity index is 1.88. The third-order valence-electron chi connectivity index (χ3n) is 3.11. The fourth-order valence-corrected chi connectivity index (χ4v) is 2.22. The Morgan fingerprint density at radius 1 is 1.40 bits per heavy atom. The topological polar surface area (TPSA) is 84.6 Å². The number of nitrogens with zero attached hydrogens (tertiary/aromatic N) is 3. The zero-order chi connectivity index (χ0) is 18.2. The fourth-order valence-electron chi connectivity index (χ4n) is 2.03. The van der Waals surface area contributed by atoms with E-state index in [1.807, 2.05) is 0 Å². The lowest BCUT2D eigenvalue weighted by Crippen LogP contribution is -2.38. The highest BCUT2D eigenvalue weighted by atomic mass is 35.5. The molecule has 2 aromatic rings. The van der Waals surface area contributed by atoms with Gasteiger partial charge in [-0.15, -0.1) is 0 Å². The number of benzene rings is 1. The summed E-state index contributed by atoms with van der Waals surface area (Å²) in [5, 5.41) is 10.2. The van der Waals surface area contributed by atoms with Crippen LogP contribution in [0, 0.1) is 6.92 Å². The quantitative estimate of drug-likeness (QED) is 0.573. The van der Waals surface area contributed by atoms with Crippen LogP contribution in [0.25, 0.3) is 0 Å². The molecule has 25 heavy (non-hydrogen) atoms. The van der Waals surface area contributed by atoms with Crippen LogP contribution >= 0.6 is 11.6 Å². The zero-order valence-electron chi connectivity index (χ0n) is 13.7. The van der Waals surface area contributed by atoms with E-state index in [1.165, 1.54) is 12.1 Å². The van der Waals surface area contributed by atoms with Crippen molar-refractivity contribution in [3.8, 4) is 5.75 Å². The summed E-state index contributed by atoms with van der Waals surface area (Å²) < 4.78 is 34.4. The maximum absolute atomic E-state index is 12.5. The van der Waals surface area contributed by atoms with Crippen LogP contribution in [-0.2, 0) is 13.0 Å². The largest absolute Gasteiger partial charge is 0.434 e. The van der Waals surface area contributed by atoms with Crippen molar-refractivity contribution >= 4 is 17.6 Å². The van der Waals surface area contributed by atoms with Crippen LogP contribution in [0.1, 0.15) is 17.3 Å². The molecule has 1 aromatic heterocycles. The molecule has 136 valence electrons. The van der Waals surface area contributed by atoms with Gasteiger partial charge in [0, 0.05) is 37.1 Å². The Labute approximate surface area is 148 Å². The van der Waals surface area contributed by atoms with Crippen molar-refractivity contribution in [1.29, 1.82) is 0 Å². The van der Waals surface area contributed by atoms with E-state index in [0.29, 0.717) is 41.2 Å². The maximum Gasteiger partial charge on any atom is 0.387 e. The van der Waals surface area contributed by atoms with Crippen molar-refractivity contribution in [2.24, 2.45) is 4.99 Å². The van der Waals surface area contributed by atoms with Gasteiger partial charge in [-0.3, -0.25) is 4.99 Å². The van der Waals surface area contributed by atoms with Gasteiger partial charge in [0.25, 0.3) is 0 Å². The van der Waals surface area contributed by atoms with Gasteiger partial charge in [0.2, 0.25) is 5.89 Å². The molecular weight excluding hydrogens is 356 g/mol. The molecule has 0 unspecified atom stereocenters. The highest BCUT2D eigenvalue weighted by molar-refractivity contribution is 6.30. The first-order valence-electron chi connectivity index (χ1n) is 7.45. The molecule has 10 heteroatoms. The summed E-state index contributed by atoms with van der Waals surface area (Å²) in [6, 6.07) is 4.45. The smallest absolute Gasteiger partial charge is 0.387 e. The molecule has 2 rings (SSSR count). The Bertz CT molecular complexity index is 724. The van der Waals surface area contributed by atoms with Crippen molar-refractivity contribution in [2.75, 3.05) is 13.6 Å². The minimum atomic E-state index is -2.91. The van der Waals surface area contributed by atoms with Gasteiger partial charge in [0.05, 0.1) is 0 Å². The predicted molar refractivity (Wildman–Crippen MR) is 89.0 cm³/mol. The maximum atomic E-state index is 12.5. The summed E-state index contributed by atoms with van der Waals surface area (Å²) in [6.45, 7) is -0.445. The molecule has 0 saturated heterocycles. The highest BCUT2D eigenvalue weighted by Gasteiger charge is 2.11. The second kappa shape index (κ2) is 9.16. The molecule has 0 aliphatic heterocycles. The molecular formula is C15H18ClF2N5O2. The molecule has 1 heterocycles. The molecule has 1 aromatic carbocycles. The van der Waals surface area contributed by atoms with Gasteiger partial charge in [-0.25, -0.2) is 0 Å². The molecule has 0 aliphatic carbocycles. The number of rotatable bonds is 7. The van der Waals surface area contributed by atoms with Crippen molar-refractivity contribution in [2.45, 2.75) is 26.5 Å². The number of nitrogens with one attached hydrogen (secondary N) is 2. The Morgan fingerprint density at radius 2 is 2.20 bits per heavy atom. The number of ether oxygens (including phenoxy) is 1. The van der Waals surface area contributed by atoms with Crippen LogP contribution in [0.5, 0.6) is 5.75 Å². The minimum Gasteiger partial charge on any atom is -0.434 e. The molecule has 0 fully saturated rings. The van der Waals surface area contributed by atoms with Gasteiger partial charge in [0.1, 0.15) is 5.75 Å². The van der Waals surface area contributed by atoms with E-state index in [-0.39, 0.29) is 12.3 Å². The normalized spacial score (nSPS) is 11.7. The summed E-state index contributed by atoms with van der Waals surface area (Å²) in [5.74, 6) is 1.64. The van der Waals surface area contributed by atoms with Crippen LogP contribution in [0.4, 0.5) is 8.78 Å². The lowest BCUT2D eigenvalue weighted by molar-refractivity contribution is -0.0504. The van der Waals surface area contributed by atoms with E-state index in [1.54, 1.807) is 20.0 Å². The van der Waals surface area contributed by atoms with Crippen LogP contribution < -0.4 is 15.4 Å². The number of aliphatic imine (C=N–C) groups is 1. The van der Waals surface area contributed by atoms with Gasteiger partial charge < -0.3 is 19.9 Å². The third-order valence-corrected chi connectivity index (χ3v) is 3.34. The number of aromatic nitrogens is 2. The monoisotopic (exact) mass is 373 g/mol. The van der Waals surface area contributed by atoms with Crippen LogP contribution in [-0.4, -0.2) is 36.3 Å². The Morgan fingerprint density at radius 3 is 2.84 bits per heavy atom. The molecule has 2 N–H and O–H groups in total. The third kappa shape index (κ3) is 6.18. The molecule has 0 aliphatic rings. The van der Waals surface area contributed by atoms with Gasteiger partial charge in [0.15, 0.2) is 11.8 Å². The summed E-state index contributed by atoms with van der Waals surface area (Å²) >= 11 is 5.92. The summed E-state index contributed by atoms with van der Waals surface area (Å²) in [5.41, 5.74) is 0.489. The average molecular weight is 374 g/mol. The zero-order valence-corrected chi connectivity index (χ0v) is 14.5. The number of alkyl halides is 2. The van der Waals surface area contributed by atoms with Crippen molar-refractivity contribution in [3.63, 3.8) is 0 Å². The van der Waals surface area contributed by atoms with Gasteiger partial charge in [-0.05, 0) is 25.1 Å². The minimum absolute atomic E-state index is 0.0590. The molecule has 0 atom stereocenters. The number of halogens is 3. The van der Waals surface area contributed by atoms with Gasteiger partial charge in [-0.1, -0.05) is 16.8 Å². The van der Waals surface area contributed by atoms with Crippen molar-refractivity contribution in [3.05, 3.63) is 40.5 Å². The molecule has 0 radical (unpaired) electrons. The second-order valence-corrected chi connectivity index (χ2v) is 5.40. The van der Waals surface area contributed by atoms with E-state index in [2.05, 4.69) is 30.5 Å². The average Bonchev–Trinajstić information content (AvgIpc) is 2.98. The number of guanidine groups is 1. The lowest BCUT2D eigenvalue weighted by Gasteiger charge is -2.14. The molecule has 0 amide bonds. The van der Waals surface area contributed by atoms with E-state index in [0.717, 1.165) is 0 Å². The van der Waals surface area contributed by atoms with Gasteiger partial charge >= 0.3 is 6.61 Å². The lowest BCUT2D eigenvalue weighted by atomic mass is 10.2. The molecule has 0 spiro atoms. The first-order chi connectivity index (χ1) is 12.0. The van der Waals surface area contributed by atoms with Gasteiger partial charge in [-0.2, -0.15) is 13.8 Å². The number of hydrogen-bond donors (Lipinski definition) is 2. The summed E-state index contributed by atoms with van der Waals surface area (Å²) in [6.07, 6.45) is 0.526. The van der Waals surface area contributed by atoms with E-state index >= 15 is 0 Å². The first kappa shape index (κ1) is 18.9. The van der Waals surface area contributed by atoms with E-state index < -0.39 is 6.61 Å². The number of aryl methyl sites for hydroxylation is 1. The van der Waals surface area contributed by atoms with Crippen molar-refractivity contribution in [1.82, 2.24) is 20.8 Å². The summed E-state index contributed by atoms with van der Waals surface area (Å²) in [7, 11) is 1.60. The highest BCUT2D eigenvalue weighted by Crippen LogP contribution is 2.24. The fraction of sp³-hybridized carbons (Fsp3) is 0.400. The molecule has 0 saturated carbocycles. The number of hydrogen-bond acceptors (Lipinski definition) is 5. The molecule has 7 nitrogen and oxygen atoms in total. The molecule has 0 bridgehead atoms. The van der Waals surface area contributed by atoms with Crippen LogP contribution in [0.15, 0.2) is 27.7 Å². The van der Waals surface area contributed by atoms with Crippen molar-refractivity contribution < 1.29 is 18.0 Å². The SMILES string of the molecule is CN=C(NCCc1nc(C)no1)NCc1cc(Cl)ccc1OC(F)F. The predicted octanol–water partition coefficient (Wildman–Crippen LogP) is 2.54. The Kier molecular flexibility index (Phi) is 6.93. The van der Waals surface area contributed by atoms with E-state index in [4.69, 9.17) is 16.1 Å². The van der Waals surface area contributed by atoms with Crippen LogP contribution in [0.2, 0.25) is 5.02 Å². The standard InChI is InChI=1S/C15H18ClF2N5O2/c1-9-22-13(25-23-9)5-6-20-15(19-2)21-8-10-7-11(16)3-4-12(10)24-14(17)18/h3-4,7,14H,5-6,8H2,1-2H3,(H2,19,20,21). The van der Waals surface area contributed by atoms with E-state index in [9.17, 15) is 8.78 Å². The Hall–Kier alpha value is -2.42.